The fraction of sp³-hybridized carbons (Fsp3) is 0.190. The van der Waals surface area contributed by atoms with Crippen LogP contribution in [0.3, 0.4) is 0 Å². The number of nitriles is 1. The van der Waals surface area contributed by atoms with Gasteiger partial charge >= 0.3 is 5.69 Å². The van der Waals surface area contributed by atoms with Crippen molar-refractivity contribution in [2.45, 2.75) is 19.9 Å². The second-order valence-corrected chi connectivity index (χ2v) is 6.90. The Bertz CT molecular complexity index is 1300. The molecule has 1 aliphatic rings. The molecule has 2 aromatic heterocycles. The summed E-state index contributed by atoms with van der Waals surface area (Å²) in [6.07, 6.45) is 0. The number of H-pyrrole nitrogens is 1. The lowest BCUT2D eigenvalue weighted by atomic mass is 9.99. The molecule has 28 heavy (non-hydrogen) atoms. The summed E-state index contributed by atoms with van der Waals surface area (Å²) in [7, 11) is 0. The average molecular weight is 372 g/mol. The van der Waals surface area contributed by atoms with Gasteiger partial charge in [0.05, 0.1) is 34.4 Å². The average Bonchev–Trinajstić information content (AvgIpc) is 3.23. The van der Waals surface area contributed by atoms with Crippen molar-refractivity contribution >= 4 is 11.0 Å². The van der Waals surface area contributed by atoms with Crippen molar-refractivity contribution in [1.29, 1.82) is 5.26 Å². The molecule has 0 amide bonds. The molecular weight excluding hydrogens is 356 g/mol. The van der Waals surface area contributed by atoms with Crippen molar-refractivity contribution in [3.63, 3.8) is 0 Å². The third-order valence-corrected chi connectivity index (χ3v) is 5.26. The number of hydrogen-bond acceptors (Lipinski definition) is 5. The third-order valence-electron chi connectivity index (χ3n) is 5.26. The number of ether oxygens (including phenoxy) is 1. The zero-order valence-corrected chi connectivity index (χ0v) is 15.3. The highest BCUT2D eigenvalue weighted by Gasteiger charge is 2.30. The fourth-order valence-corrected chi connectivity index (χ4v) is 3.96. The number of aryl methyl sites for hydroxylation is 2. The fourth-order valence-electron chi connectivity index (χ4n) is 3.96. The summed E-state index contributed by atoms with van der Waals surface area (Å²) in [6, 6.07) is 12.9. The molecule has 0 radical (unpaired) electrons. The molecule has 0 spiro atoms. The van der Waals surface area contributed by atoms with E-state index in [-0.39, 0.29) is 11.7 Å². The highest BCUT2D eigenvalue weighted by Crippen LogP contribution is 2.42. The second kappa shape index (κ2) is 5.86. The van der Waals surface area contributed by atoms with Gasteiger partial charge in [0.2, 0.25) is 0 Å². The van der Waals surface area contributed by atoms with Gasteiger partial charge in [0.15, 0.2) is 5.75 Å². The van der Waals surface area contributed by atoms with Crippen LogP contribution in [0.4, 0.5) is 0 Å². The van der Waals surface area contributed by atoms with E-state index in [1.54, 1.807) is 16.7 Å². The molecule has 7 nitrogen and oxygen atoms in total. The maximum atomic E-state index is 12.8. The molecule has 0 bridgehead atoms. The van der Waals surface area contributed by atoms with Crippen molar-refractivity contribution < 1.29 is 9.26 Å². The number of rotatable bonds is 2. The van der Waals surface area contributed by atoms with Gasteiger partial charge in [-0.1, -0.05) is 17.3 Å². The van der Waals surface area contributed by atoms with Crippen LogP contribution in [0.1, 0.15) is 28.6 Å². The smallest absolute Gasteiger partial charge is 0.327 e. The van der Waals surface area contributed by atoms with Crippen LogP contribution in [0.25, 0.3) is 22.2 Å². The topological polar surface area (TPSA) is 96.8 Å². The van der Waals surface area contributed by atoms with Crippen molar-refractivity contribution in [2.24, 2.45) is 0 Å². The van der Waals surface area contributed by atoms with Crippen LogP contribution in [0.2, 0.25) is 0 Å². The maximum absolute atomic E-state index is 12.8. The van der Waals surface area contributed by atoms with Gasteiger partial charge in [-0.05, 0) is 43.7 Å². The minimum absolute atomic E-state index is 0.190. The summed E-state index contributed by atoms with van der Waals surface area (Å²) in [4.78, 5) is 15.7. The van der Waals surface area contributed by atoms with Gasteiger partial charge in [-0.15, -0.1) is 0 Å². The molecule has 4 aromatic rings. The van der Waals surface area contributed by atoms with Gasteiger partial charge in [0.1, 0.15) is 17.9 Å². The molecule has 7 heteroatoms. The zero-order valence-electron chi connectivity index (χ0n) is 15.3. The van der Waals surface area contributed by atoms with Gasteiger partial charge in [0.25, 0.3) is 0 Å². The lowest BCUT2D eigenvalue weighted by Gasteiger charge is -2.27. The minimum Gasteiger partial charge on any atom is -0.488 e. The Morgan fingerprint density at radius 1 is 1.21 bits per heavy atom. The second-order valence-electron chi connectivity index (χ2n) is 6.90. The van der Waals surface area contributed by atoms with Crippen LogP contribution < -0.4 is 10.4 Å². The summed E-state index contributed by atoms with van der Waals surface area (Å²) in [5.41, 5.74) is 5.25. The van der Waals surface area contributed by atoms with Crippen LogP contribution in [0.15, 0.2) is 45.7 Å². The van der Waals surface area contributed by atoms with Gasteiger partial charge in [-0.25, -0.2) is 4.79 Å². The SMILES string of the molecule is Cc1noc(C)c1-c1ccc2[nH]c(=O)n3c2c1OCC3c1ccc(C#N)cc1. The number of nitrogens with one attached hydrogen (secondary N) is 1. The molecule has 0 aliphatic carbocycles. The number of benzene rings is 2. The Kier molecular flexibility index (Phi) is 3.43. The summed E-state index contributed by atoms with van der Waals surface area (Å²) in [6.45, 7) is 4.06. The number of aromatic amines is 1. The van der Waals surface area contributed by atoms with E-state index in [4.69, 9.17) is 14.5 Å². The predicted molar refractivity (Wildman–Crippen MR) is 102 cm³/mol. The molecular formula is C21H16N4O3. The Morgan fingerprint density at radius 3 is 2.68 bits per heavy atom. The summed E-state index contributed by atoms with van der Waals surface area (Å²) in [5, 5.41) is 13.1. The van der Waals surface area contributed by atoms with E-state index >= 15 is 0 Å². The standard InChI is InChI=1S/C21H16N4O3/c1-11-18(12(2)28-24-11)15-7-8-16-19-20(15)27-10-17(25(19)21(26)23-16)14-5-3-13(9-22)4-6-14/h3-8,17H,10H2,1-2H3,(H,23,26). The minimum atomic E-state index is -0.276. The van der Waals surface area contributed by atoms with E-state index in [1.165, 1.54) is 0 Å². The molecule has 0 fully saturated rings. The first-order valence-corrected chi connectivity index (χ1v) is 8.92. The lowest BCUT2D eigenvalue weighted by molar-refractivity contribution is 0.257. The van der Waals surface area contributed by atoms with Gasteiger partial charge in [-0.3, -0.25) is 4.57 Å². The van der Waals surface area contributed by atoms with E-state index in [1.807, 2.05) is 38.1 Å². The molecule has 2 aromatic carbocycles. The first kappa shape index (κ1) is 16.4. The maximum Gasteiger partial charge on any atom is 0.327 e. The number of aromatic nitrogens is 3. The lowest BCUT2D eigenvalue weighted by Crippen LogP contribution is -2.30. The Balaban J connectivity index is 1.75. The van der Waals surface area contributed by atoms with Crippen LogP contribution in [-0.4, -0.2) is 21.3 Å². The number of hydrogen-bond donors (Lipinski definition) is 1. The van der Waals surface area contributed by atoms with E-state index in [9.17, 15) is 4.79 Å². The quantitative estimate of drug-likeness (QED) is 0.581. The van der Waals surface area contributed by atoms with Crippen LogP contribution in [-0.2, 0) is 0 Å². The molecule has 1 atom stereocenters. The highest BCUT2D eigenvalue weighted by molar-refractivity contribution is 5.92. The molecule has 5 rings (SSSR count). The molecule has 1 unspecified atom stereocenters. The first-order chi connectivity index (χ1) is 13.6. The van der Waals surface area contributed by atoms with Crippen molar-refractivity contribution in [2.75, 3.05) is 6.61 Å². The largest absolute Gasteiger partial charge is 0.488 e. The molecule has 1 N–H and O–H groups in total. The predicted octanol–water partition coefficient (Wildman–Crippen LogP) is 3.45. The van der Waals surface area contributed by atoms with Crippen LogP contribution >= 0.6 is 0 Å². The molecule has 0 saturated carbocycles. The Labute approximate surface area is 159 Å². The molecule has 0 saturated heterocycles. The molecule has 3 heterocycles. The monoisotopic (exact) mass is 372 g/mol. The van der Waals surface area contributed by atoms with E-state index in [2.05, 4.69) is 16.2 Å². The van der Waals surface area contributed by atoms with E-state index in [0.29, 0.717) is 29.2 Å². The first-order valence-electron chi connectivity index (χ1n) is 8.92. The van der Waals surface area contributed by atoms with E-state index in [0.717, 1.165) is 27.9 Å². The summed E-state index contributed by atoms with van der Waals surface area (Å²) < 4.78 is 13.2. The molecule has 1 aliphatic heterocycles. The van der Waals surface area contributed by atoms with Crippen molar-refractivity contribution in [1.82, 2.24) is 14.7 Å². The number of imidazole rings is 1. The van der Waals surface area contributed by atoms with Crippen molar-refractivity contribution in [3.8, 4) is 22.9 Å². The highest BCUT2D eigenvalue weighted by atomic mass is 16.5. The van der Waals surface area contributed by atoms with Gasteiger partial charge < -0.3 is 14.2 Å². The third kappa shape index (κ3) is 2.21. The van der Waals surface area contributed by atoms with Crippen LogP contribution in [0.5, 0.6) is 5.75 Å². The van der Waals surface area contributed by atoms with Gasteiger partial charge in [-0.2, -0.15) is 5.26 Å². The normalized spacial score (nSPS) is 15.4. The summed E-state index contributed by atoms with van der Waals surface area (Å²) >= 11 is 0. The Hall–Kier alpha value is -3.79. The Morgan fingerprint density at radius 2 is 2.00 bits per heavy atom. The van der Waals surface area contributed by atoms with Gasteiger partial charge in [0, 0.05) is 5.56 Å². The zero-order chi connectivity index (χ0) is 19.4. The molecule has 138 valence electrons. The van der Waals surface area contributed by atoms with Crippen molar-refractivity contribution in [3.05, 3.63) is 69.5 Å². The summed E-state index contributed by atoms with van der Waals surface area (Å²) in [5.74, 6) is 1.35. The van der Waals surface area contributed by atoms with Crippen LogP contribution in [0, 0.1) is 25.2 Å². The number of nitrogens with zero attached hydrogens (tertiary/aromatic N) is 3. The van der Waals surface area contributed by atoms with E-state index < -0.39 is 0 Å².